The fraction of sp³-hybridized carbons (Fsp3) is 0.267. The molecule has 0 unspecified atom stereocenters. The van der Waals surface area contributed by atoms with Crippen LogP contribution in [0.1, 0.15) is 11.3 Å². The molecule has 0 atom stereocenters. The van der Waals surface area contributed by atoms with E-state index in [-0.39, 0.29) is 23.8 Å². The second-order valence-corrected chi connectivity index (χ2v) is 10.3. The van der Waals surface area contributed by atoms with Crippen molar-refractivity contribution >= 4 is 59.1 Å². The van der Waals surface area contributed by atoms with Crippen molar-refractivity contribution in [3.8, 4) is 0 Å². The highest BCUT2D eigenvalue weighted by atomic mass is 79.9. The van der Waals surface area contributed by atoms with Crippen LogP contribution in [-0.4, -0.2) is 32.8 Å². The van der Waals surface area contributed by atoms with E-state index < -0.39 is 10.0 Å². The molecular weight excluding hydrogens is 480 g/mol. The average Bonchev–Trinajstić information content (AvgIpc) is 2.92. The number of amides is 1. The van der Waals surface area contributed by atoms with E-state index in [1.807, 2.05) is 12.1 Å². The zero-order chi connectivity index (χ0) is 17.7. The summed E-state index contributed by atoms with van der Waals surface area (Å²) < 4.78 is 28.5. The molecule has 5 nitrogen and oxygen atoms in total. The van der Waals surface area contributed by atoms with Crippen molar-refractivity contribution in [3.63, 3.8) is 0 Å². The van der Waals surface area contributed by atoms with Gasteiger partial charge in [-0.2, -0.15) is 0 Å². The summed E-state index contributed by atoms with van der Waals surface area (Å²) in [4.78, 5) is 14.9. The van der Waals surface area contributed by atoms with Gasteiger partial charge in [-0.1, -0.05) is 22.0 Å². The van der Waals surface area contributed by atoms with Crippen molar-refractivity contribution < 1.29 is 13.2 Å². The number of nitrogens with zero attached hydrogens (tertiary/aromatic N) is 1. The number of rotatable bonds is 7. The molecule has 24 heavy (non-hydrogen) atoms. The lowest BCUT2D eigenvalue weighted by atomic mass is 10.3. The van der Waals surface area contributed by atoms with Crippen LogP contribution in [0.4, 0.5) is 0 Å². The third-order valence-corrected chi connectivity index (χ3v) is 6.75. The average molecular weight is 496 g/mol. The molecule has 0 radical (unpaired) electrons. The van der Waals surface area contributed by atoms with Gasteiger partial charge >= 0.3 is 0 Å². The molecule has 2 rings (SSSR count). The van der Waals surface area contributed by atoms with E-state index in [1.54, 1.807) is 35.4 Å². The number of benzene rings is 1. The Balaban J connectivity index is 1.85. The van der Waals surface area contributed by atoms with Gasteiger partial charge in [0.15, 0.2) is 0 Å². The fourth-order valence-electron chi connectivity index (χ4n) is 1.96. The highest BCUT2D eigenvalue weighted by Crippen LogP contribution is 2.23. The summed E-state index contributed by atoms with van der Waals surface area (Å²) in [7, 11) is -1.91. The highest BCUT2D eigenvalue weighted by molar-refractivity contribution is 9.11. The summed E-state index contributed by atoms with van der Waals surface area (Å²) in [5.41, 5.74) is 0. The van der Waals surface area contributed by atoms with Crippen LogP contribution >= 0.6 is 43.2 Å². The van der Waals surface area contributed by atoms with Gasteiger partial charge in [0, 0.05) is 29.4 Å². The molecule has 1 N–H and O–H groups in total. The van der Waals surface area contributed by atoms with Gasteiger partial charge in [-0.05, 0) is 46.3 Å². The molecule has 1 amide bonds. The maximum atomic E-state index is 12.2. The highest BCUT2D eigenvalue weighted by Gasteiger charge is 2.16. The van der Waals surface area contributed by atoms with E-state index in [0.29, 0.717) is 11.0 Å². The number of nitrogens with one attached hydrogen (secondary N) is 1. The lowest BCUT2D eigenvalue weighted by Crippen LogP contribution is -2.31. The first-order valence-electron chi connectivity index (χ1n) is 7.01. The van der Waals surface area contributed by atoms with Gasteiger partial charge in [0.05, 0.1) is 15.2 Å². The van der Waals surface area contributed by atoms with Crippen LogP contribution in [0.5, 0.6) is 0 Å². The Bertz CT molecular complexity index is 822. The lowest BCUT2D eigenvalue weighted by Gasteiger charge is -2.16. The van der Waals surface area contributed by atoms with E-state index >= 15 is 0 Å². The number of carbonyl (C=O) groups excluding carboxylic acids is 1. The van der Waals surface area contributed by atoms with Crippen molar-refractivity contribution in [2.45, 2.75) is 17.9 Å². The Hall–Kier alpha value is -0.740. The van der Waals surface area contributed by atoms with Crippen molar-refractivity contribution in [1.82, 2.24) is 9.62 Å². The number of hydrogen-bond donors (Lipinski definition) is 1. The van der Waals surface area contributed by atoms with Crippen molar-refractivity contribution in [2.75, 3.05) is 13.6 Å². The van der Waals surface area contributed by atoms with Gasteiger partial charge in [0.2, 0.25) is 15.9 Å². The molecule has 9 heteroatoms. The Morgan fingerprint density at radius 2 is 2.00 bits per heavy atom. The first-order valence-corrected chi connectivity index (χ1v) is 10.9. The van der Waals surface area contributed by atoms with Crippen molar-refractivity contribution in [3.05, 3.63) is 49.5 Å². The third-order valence-electron chi connectivity index (χ3n) is 3.18. The van der Waals surface area contributed by atoms with Crippen LogP contribution in [0.25, 0.3) is 0 Å². The summed E-state index contributed by atoms with van der Waals surface area (Å²) in [6.45, 7) is 0.569. The minimum absolute atomic E-state index is 0.0617. The molecule has 0 spiro atoms. The fourth-order valence-corrected chi connectivity index (χ4v) is 5.12. The minimum atomic E-state index is -3.61. The number of thiophene rings is 1. The number of sulfonamides is 1. The molecule has 1 aromatic carbocycles. The van der Waals surface area contributed by atoms with Gasteiger partial charge in [-0.25, -0.2) is 13.1 Å². The van der Waals surface area contributed by atoms with E-state index in [2.05, 4.69) is 36.6 Å². The molecule has 0 aliphatic heterocycles. The largest absolute Gasteiger partial charge is 0.341 e. The molecule has 2 aromatic rings. The maximum absolute atomic E-state index is 12.2. The van der Waals surface area contributed by atoms with Crippen LogP contribution in [0.2, 0.25) is 0 Å². The van der Waals surface area contributed by atoms with Crippen LogP contribution in [0.3, 0.4) is 0 Å². The van der Waals surface area contributed by atoms with E-state index in [9.17, 15) is 13.2 Å². The van der Waals surface area contributed by atoms with E-state index in [1.165, 1.54) is 12.1 Å². The molecule has 1 aromatic heterocycles. The Morgan fingerprint density at radius 3 is 2.62 bits per heavy atom. The van der Waals surface area contributed by atoms with Crippen LogP contribution in [0.15, 0.2) is 49.6 Å². The van der Waals surface area contributed by atoms with Crippen molar-refractivity contribution in [2.24, 2.45) is 0 Å². The second kappa shape index (κ2) is 8.57. The zero-order valence-corrected chi connectivity index (χ0v) is 17.6. The van der Waals surface area contributed by atoms with Gasteiger partial charge in [-0.3, -0.25) is 4.79 Å². The lowest BCUT2D eigenvalue weighted by molar-refractivity contribution is -0.130. The molecule has 0 saturated heterocycles. The summed E-state index contributed by atoms with van der Waals surface area (Å²) >= 11 is 8.20. The minimum Gasteiger partial charge on any atom is -0.341 e. The topological polar surface area (TPSA) is 66.5 Å². The van der Waals surface area contributed by atoms with E-state index in [0.717, 1.165) is 8.66 Å². The molecule has 0 aliphatic carbocycles. The number of carbonyl (C=O) groups is 1. The van der Waals surface area contributed by atoms with Crippen LogP contribution in [-0.2, 0) is 21.4 Å². The van der Waals surface area contributed by atoms with Crippen LogP contribution in [0, 0.1) is 0 Å². The monoisotopic (exact) mass is 494 g/mol. The summed E-state index contributed by atoms with van der Waals surface area (Å²) in [6.07, 6.45) is 0.107. The Morgan fingerprint density at radius 1 is 1.25 bits per heavy atom. The van der Waals surface area contributed by atoms with Crippen molar-refractivity contribution in [1.29, 1.82) is 0 Å². The first-order chi connectivity index (χ1) is 11.3. The molecule has 0 aliphatic rings. The van der Waals surface area contributed by atoms with E-state index in [4.69, 9.17) is 0 Å². The smallest absolute Gasteiger partial charge is 0.240 e. The predicted molar refractivity (Wildman–Crippen MR) is 102 cm³/mol. The van der Waals surface area contributed by atoms with Gasteiger partial charge < -0.3 is 4.90 Å². The molecule has 1 heterocycles. The molecule has 0 saturated carbocycles. The number of halogens is 2. The van der Waals surface area contributed by atoms with Gasteiger partial charge in [0.1, 0.15) is 0 Å². The quantitative estimate of drug-likeness (QED) is 0.638. The Labute approximate surface area is 162 Å². The summed E-state index contributed by atoms with van der Waals surface area (Å²) in [6, 6.07) is 10.3. The molecule has 0 bridgehead atoms. The SMILES string of the molecule is CN(Cc1ccc(Br)s1)C(=O)CCNS(=O)(=O)c1cccc(Br)c1. The molecule has 0 fully saturated rings. The summed E-state index contributed by atoms with van der Waals surface area (Å²) in [5.74, 6) is -0.114. The molecule has 130 valence electrons. The predicted octanol–water partition coefficient (Wildman–Crippen LogP) is 3.60. The third kappa shape index (κ3) is 5.66. The maximum Gasteiger partial charge on any atom is 0.240 e. The first kappa shape index (κ1) is 19.6. The van der Waals surface area contributed by atoms with Crippen LogP contribution < -0.4 is 4.72 Å². The molecular formula is C15H16Br2N2O3S2. The Kier molecular flexibility index (Phi) is 6.99. The zero-order valence-electron chi connectivity index (χ0n) is 12.8. The second-order valence-electron chi connectivity index (χ2n) is 5.06. The van der Waals surface area contributed by atoms with Gasteiger partial charge in [-0.15, -0.1) is 11.3 Å². The number of hydrogen-bond acceptors (Lipinski definition) is 4. The standard InChI is InChI=1S/C15H16Br2N2O3S2/c1-19(10-12-5-6-14(17)23-12)15(20)7-8-18-24(21,22)13-4-2-3-11(16)9-13/h2-6,9,18H,7-8,10H2,1H3. The normalized spacial score (nSPS) is 11.5. The summed E-state index contributed by atoms with van der Waals surface area (Å²) in [5, 5.41) is 0. The van der Waals surface area contributed by atoms with Gasteiger partial charge in [0.25, 0.3) is 0 Å².